The number of amides is 2. The Morgan fingerprint density at radius 3 is 2.57 bits per heavy atom. The summed E-state index contributed by atoms with van der Waals surface area (Å²) in [6.45, 7) is 0.279. The second kappa shape index (κ2) is 9.12. The Kier molecular flexibility index (Phi) is 6.37. The van der Waals surface area contributed by atoms with Crippen molar-refractivity contribution in [2.24, 2.45) is 5.92 Å². The molecule has 2 amide bonds. The number of hydrogen-bond acceptors (Lipinski definition) is 4. The summed E-state index contributed by atoms with van der Waals surface area (Å²) in [6.07, 6.45) is 0.780. The first-order valence-corrected chi connectivity index (χ1v) is 9.05. The number of nitrogens with zero attached hydrogens (tertiary/aromatic N) is 1. The van der Waals surface area contributed by atoms with Gasteiger partial charge in [0.2, 0.25) is 5.91 Å². The molecule has 0 saturated carbocycles. The molecular weight excluding hydrogens is 363 g/mol. The largest absolute Gasteiger partial charge is 0.455 e. The van der Waals surface area contributed by atoms with E-state index in [2.05, 4.69) is 5.32 Å². The van der Waals surface area contributed by atoms with E-state index >= 15 is 0 Å². The highest BCUT2D eigenvalue weighted by atomic mass is 19.1. The van der Waals surface area contributed by atoms with Crippen LogP contribution >= 0.6 is 0 Å². The number of likely N-dealkylation sites (tertiary alicyclic amines) is 1. The van der Waals surface area contributed by atoms with Gasteiger partial charge >= 0.3 is 5.97 Å². The zero-order valence-electron chi connectivity index (χ0n) is 15.3. The average Bonchev–Trinajstić information content (AvgIpc) is 3.08. The van der Waals surface area contributed by atoms with Crippen LogP contribution in [-0.2, 0) is 25.5 Å². The van der Waals surface area contributed by atoms with Gasteiger partial charge in [-0.25, -0.2) is 4.39 Å². The lowest BCUT2D eigenvalue weighted by atomic mass is 10.1. The molecule has 0 aromatic heterocycles. The Balaban J connectivity index is 1.44. The number of halogens is 1. The Morgan fingerprint density at radius 2 is 1.82 bits per heavy atom. The van der Waals surface area contributed by atoms with Crippen molar-refractivity contribution in [2.75, 3.05) is 25.0 Å². The predicted molar refractivity (Wildman–Crippen MR) is 101 cm³/mol. The van der Waals surface area contributed by atoms with E-state index in [9.17, 15) is 18.8 Å². The lowest BCUT2D eigenvalue weighted by Gasteiger charge is -2.16. The minimum atomic E-state index is -0.635. The van der Waals surface area contributed by atoms with Crippen LogP contribution in [-0.4, -0.2) is 42.4 Å². The van der Waals surface area contributed by atoms with Gasteiger partial charge in [0.05, 0.1) is 11.6 Å². The Bertz CT molecular complexity index is 856. The molecule has 0 bridgehead atoms. The molecule has 1 fully saturated rings. The maximum Gasteiger partial charge on any atom is 0.311 e. The maximum atomic E-state index is 13.5. The topological polar surface area (TPSA) is 75.7 Å². The smallest absolute Gasteiger partial charge is 0.311 e. The number of nitrogens with one attached hydrogen (secondary N) is 1. The molecule has 1 heterocycles. The number of hydrogen-bond donors (Lipinski definition) is 1. The highest BCUT2D eigenvalue weighted by molar-refractivity contribution is 5.93. The van der Waals surface area contributed by atoms with Gasteiger partial charge < -0.3 is 15.0 Å². The summed E-state index contributed by atoms with van der Waals surface area (Å²) in [5.41, 5.74) is 1.14. The van der Waals surface area contributed by atoms with Crippen LogP contribution in [0.5, 0.6) is 0 Å². The van der Waals surface area contributed by atoms with E-state index in [4.69, 9.17) is 4.74 Å². The minimum absolute atomic E-state index is 0.0201. The van der Waals surface area contributed by atoms with Gasteiger partial charge in [-0.2, -0.15) is 0 Å². The van der Waals surface area contributed by atoms with Crippen LogP contribution in [0.15, 0.2) is 54.6 Å². The Hall–Kier alpha value is -3.22. The molecule has 1 aliphatic heterocycles. The van der Waals surface area contributed by atoms with Crippen LogP contribution in [0.25, 0.3) is 0 Å². The van der Waals surface area contributed by atoms with Crippen LogP contribution in [0.3, 0.4) is 0 Å². The molecule has 3 rings (SSSR count). The molecule has 0 unspecified atom stereocenters. The molecule has 28 heavy (non-hydrogen) atoms. The van der Waals surface area contributed by atoms with E-state index in [1.54, 1.807) is 11.0 Å². The first kappa shape index (κ1) is 19.5. The van der Waals surface area contributed by atoms with Gasteiger partial charge in [-0.05, 0) is 24.1 Å². The molecule has 1 aliphatic rings. The second-order valence-electron chi connectivity index (χ2n) is 6.61. The number of carbonyl (C=O) groups excluding carboxylic acids is 3. The minimum Gasteiger partial charge on any atom is -0.455 e. The molecule has 2 aromatic carbocycles. The van der Waals surface area contributed by atoms with Crippen LogP contribution in [0.4, 0.5) is 10.1 Å². The van der Waals surface area contributed by atoms with Crippen molar-refractivity contribution in [3.05, 3.63) is 66.0 Å². The van der Waals surface area contributed by atoms with Crippen LogP contribution in [0.2, 0.25) is 0 Å². The Morgan fingerprint density at radius 1 is 1.11 bits per heavy atom. The third kappa shape index (κ3) is 5.16. The Labute approximate surface area is 162 Å². The second-order valence-corrected chi connectivity index (χ2v) is 6.61. The summed E-state index contributed by atoms with van der Waals surface area (Å²) >= 11 is 0. The quantitative estimate of drug-likeness (QED) is 0.744. The van der Waals surface area contributed by atoms with Crippen molar-refractivity contribution in [3.8, 4) is 0 Å². The first-order valence-electron chi connectivity index (χ1n) is 9.05. The highest BCUT2D eigenvalue weighted by Crippen LogP contribution is 2.20. The summed E-state index contributed by atoms with van der Waals surface area (Å²) in [6, 6.07) is 15.5. The van der Waals surface area contributed by atoms with Gasteiger partial charge in [-0.3, -0.25) is 14.4 Å². The van der Waals surface area contributed by atoms with E-state index in [-0.39, 0.29) is 24.6 Å². The number of carbonyl (C=O) groups is 3. The molecule has 0 radical (unpaired) electrons. The molecule has 0 spiro atoms. The van der Waals surface area contributed by atoms with Gasteiger partial charge in [0.1, 0.15) is 5.82 Å². The maximum absolute atomic E-state index is 13.5. The fourth-order valence-corrected chi connectivity index (χ4v) is 3.06. The van der Waals surface area contributed by atoms with Crippen molar-refractivity contribution in [1.29, 1.82) is 0 Å². The lowest BCUT2D eigenvalue weighted by molar-refractivity contribution is -0.151. The van der Waals surface area contributed by atoms with Gasteiger partial charge in [0.15, 0.2) is 6.61 Å². The number of anilines is 1. The first-order chi connectivity index (χ1) is 13.5. The van der Waals surface area contributed by atoms with E-state index in [1.807, 2.05) is 30.3 Å². The summed E-state index contributed by atoms with van der Waals surface area (Å²) < 4.78 is 18.5. The molecule has 6 nitrogen and oxygen atoms in total. The monoisotopic (exact) mass is 384 g/mol. The third-order valence-corrected chi connectivity index (χ3v) is 4.55. The molecular formula is C21H21FN2O4. The standard InChI is InChI=1S/C21H21FN2O4/c22-17-8-4-5-9-18(17)23-19(25)14-28-21(27)16-12-20(26)24(13-16)11-10-15-6-2-1-3-7-15/h1-9,16H,10-14H2,(H,23,25)/t16-/m1/s1. The highest BCUT2D eigenvalue weighted by Gasteiger charge is 2.35. The van der Waals surface area contributed by atoms with E-state index in [1.165, 1.54) is 18.2 Å². The SMILES string of the molecule is O=C(COC(=O)[C@@H]1CC(=O)N(CCc2ccccc2)C1)Nc1ccccc1F. The fraction of sp³-hybridized carbons (Fsp3) is 0.286. The number of para-hydroxylation sites is 1. The summed E-state index contributed by atoms with van der Waals surface area (Å²) in [5.74, 6) is -2.50. The van der Waals surface area contributed by atoms with Gasteiger partial charge in [-0.1, -0.05) is 42.5 Å². The molecule has 1 saturated heterocycles. The molecule has 1 N–H and O–H groups in total. The normalized spacial score (nSPS) is 16.1. The van der Waals surface area contributed by atoms with E-state index in [0.717, 1.165) is 5.56 Å². The van der Waals surface area contributed by atoms with Crippen LogP contribution in [0.1, 0.15) is 12.0 Å². The van der Waals surface area contributed by atoms with Crippen molar-refractivity contribution in [3.63, 3.8) is 0 Å². The average molecular weight is 384 g/mol. The number of esters is 1. The summed E-state index contributed by atoms with van der Waals surface area (Å²) in [5, 5.41) is 2.34. The van der Waals surface area contributed by atoms with E-state index in [0.29, 0.717) is 13.0 Å². The van der Waals surface area contributed by atoms with Crippen LogP contribution < -0.4 is 5.32 Å². The summed E-state index contributed by atoms with van der Waals surface area (Å²) in [4.78, 5) is 37.8. The predicted octanol–water partition coefficient (Wildman–Crippen LogP) is 2.40. The van der Waals surface area contributed by atoms with Crippen molar-refractivity contribution < 1.29 is 23.5 Å². The van der Waals surface area contributed by atoms with Crippen molar-refractivity contribution in [1.82, 2.24) is 4.90 Å². The molecule has 146 valence electrons. The molecule has 2 aromatic rings. The lowest BCUT2D eigenvalue weighted by Crippen LogP contribution is -2.29. The molecule has 0 aliphatic carbocycles. The number of ether oxygens (including phenoxy) is 1. The van der Waals surface area contributed by atoms with Gasteiger partial charge in [0.25, 0.3) is 5.91 Å². The van der Waals surface area contributed by atoms with Gasteiger partial charge in [0, 0.05) is 19.5 Å². The zero-order valence-corrected chi connectivity index (χ0v) is 15.3. The van der Waals surface area contributed by atoms with Crippen molar-refractivity contribution in [2.45, 2.75) is 12.8 Å². The fourth-order valence-electron chi connectivity index (χ4n) is 3.06. The van der Waals surface area contributed by atoms with Crippen molar-refractivity contribution >= 4 is 23.5 Å². The molecule has 1 atom stereocenters. The molecule has 7 heteroatoms. The summed E-state index contributed by atoms with van der Waals surface area (Å²) in [7, 11) is 0. The zero-order chi connectivity index (χ0) is 19.9. The van der Waals surface area contributed by atoms with Crippen LogP contribution in [0, 0.1) is 11.7 Å². The third-order valence-electron chi connectivity index (χ3n) is 4.55. The number of benzene rings is 2. The number of rotatable bonds is 7. The van der Waals surface area contributed by atoms with E-state index < -0.39 is 30.2 Å². The van der Waals surface area contributed by atoms with Gasteiger partial charge in [-0.15, -0.1) is 0 Å².